The largest absolute Gasteiger partial charge is 0.378 e. The highest BCUT2D eigenvalue weighted by Crippen LogP contribution is 2.29. The highest BCUT2D eigenvalue weighted by Gasteiger charge is 2.25. The standard InChI is InChI=1S/C24H35ClN4O2/c25-22-5-4-20(17-23(22)29-13-2-10-27-18-29)24(30)28-14-8-21(9-15-28)31-16-1-3-19-6-11-26-12-7-19/h2,4-5,13,17,19,21,26-27H,1,3,6-12,14-16,18H2. The molecule has 1 aromatic carbocycles. The smallest absolute Gasteiger partial charge is 0.253 e. The molecule has 6 nitrogen and oxygen atoms in total. The summed E-state index contributed by atoms with van der Waals surface area (Å²) in [6.07, 6.45) is 11.2. The second-order valence-electron chi connectivity index (χ2n) is 8.83. The Bertz CT molecular complexity index is 758. The average Bonchev–Trinajstić information content (AvgIpc) is 2.83. The van der Waals surface area contributed by atoms with E-state index in [0.717, 1.165) is 57.1 Å². The molecular formula is C24H35ClN4O2. The van der Waals surface area contributed by atoms with Crippen LogP contribution in [0.1, 0.15) is 48.9 Å². The van der Waals surface area contributed by atoms with Gasteiger partial charge in [0.25, 0.3) is 5.91 Å². The van der Waals surface area contributed by atoms with Gasteiger partial charge in [0.05, 0.1) is 23.5 Å². The number of halogens is 1. The Balaban J connectivity index is 1.23. The fourth-order valence-corrected chi connectivity index (χ4v) is 4.96. The van der Waals surface area contributed by atoms with Crippen LogP contribution in [0.15, 0.2) is 30.5 Å². The molecule has 3 aliphatic heterocycles. The maximum Gasteiger partial charge on any atom is 0.253 e. The fourth-order valence-electron chi connectivity index (χ4n) is 4.73. The van der Waals surface area contributed by atoms with Crippen molar-refractivity contribution in [2.24, 2.45) is 5.92 Å². The molecule has 0 aromatic heterocycles. The van der Waals surface area contributed by atoms with Gasteiger partial charge in [-0.3, -0.25) is 10.1 Å². The van der Waals surface area contributed by atoms with Gasteiger partial charge >= 0.3 is 0 Å². The molecule has 3 heterocycles. The topological polar surface area (TPSA) is 56.8 Å². The number of hydrogen-bond acceptors (Lipinski definition) is 5. The Morgan fingerprint density at radius 1 is 1.13 bits per heavy atom. The minimum atomic E-state index is 0.0798. The number of hydrogen-bond donors (Lipinski definition) is 2. The molecule has 1 aromatic rings. The van der Waals surface area contributed by atoms with Gasteiger partial charge in [-0.15, -0.1) is 0 Å². The molecule has 2 fully saturated rings. The summed E-state index contributed by atoms with van der Waals surface area (Å²) in [5, 5.41) is 7.37. The van der Waals surface area contributed by atoms with Crippen molar-refractivity contribution in [2.45, 2.75) is 44.6 Å². The van der Waals surface area contributed by atoms with Gasteiger partial charge < -0.3 is 19.9 Å². The van der Waals surface area contributed by atoms with Crippen molar-refractivity contribution in [3.8, 4) is 0 Å². The monoisotopic (exact) mass is 446 g/mol. The number of carbonyl (C=O) groups is 1. The van der Waals surface area contributed by atoms with Crippen LogP contribution in [0.2, 0.25) is 5.02 Å². The van der Waals surface area contributed by atoms with Crippen molar-refractivity contribution in [3.63, 3.8) is 0 Å². The molecule has 2 N–H and O–H groups in total. The number of anilines is 1. The highest BCUT2D eigenvalue weighted by atomic mass is 35.5. The van der Waals surface area contributed by atoms with Crippen LogP contribution in [-0.4, -0.2) is 62.9 Å². The number of rotatable bonds is 7. The Morgan fingerprint density at radius 3 is 2.68 bits per heavy atom. The first-order valence-electron chi connectivity index (χ1n) is 11.8. The first-order chi connectivity index (χ1) is 15.2. The lowest BCUT2D eigenvalue weighted by atomic mass is 9.93. The summed E-state index contributed by atoms with van der Waals surface area (Å²) in [6, 6.07) is 5.56. The van der Waals surface area contributed by atoms with E-state index in [1.165, 1.54) is 32.4 Å². The highest BCUT2D eigenvalue weighted by molar-refractivity contribution is 6.33. The number of likely N-dealkylation sites (tertiary alicyclic amines) is 1. The number of benzene rings is 1. The second kappa shape index (κ2) is 11.3. The predicted molar refractivity (Wildman–Crippen MR) is 126 cm³/mol. The Kier molecular flexibility index (Phi) is 8.25. The van der Waals surface area contributed by atoms with E-state index in [1.54, 1.807) is 0 Å². The molecule has 170 valence electrons. The average molecular weight is 447 g/mol. The van der Waals surface area contributed by atoms with Crippen molar-refractivity contribution in [1.82, 2.24) is 15.5 Å². The zero-order valence-corrected chi connectivity index (χ0v) is 19.1. The van der Waals surface area contributed by atoms with Crippen LogP contribution in [0.3, 0.4) is 0 Å². The van der Waals surface area contributed by atoms with Crippen LogP contribution in [0.4, 0.5) is 5.69 Å². The maximum atomic E-state index is 13.1. The summed E-state index contributed by atoms with van der Waals surface area (Å²) >= 11 is 6.40. The normalized spacial score (nSPS) is 20.9. The van der Waals surface area contributed by atoms with Crippen LogP contribution >= 0.6 is 11.6 Å². The summed E-state index contributed by atoms with van der Waals surface area (Å²) < 4.78 is 6.13. The van der Waals surface area contributed by atoms with Gasteiger partial charge in [0.15, 0.2) is 0 Å². The molecule has 1 amide bonds. The lowest BCUT2D eigenvalue weighted by Gasteiger charge is -2.32. The number of amides is 1. The first kappa shape index (κ1) is 22.6. The Morgan fingerprint density at radius 2 is 1.94 bits per heavy atom. The summed E-state index contributed by atoms with van der Waals surface area (Å²) in [6.45, 7) is 6.22. The van der Waals surface area contributed by atoms with Crippen molar-refractivity contribution in [2.75, 3.05) is 50.9 Å². The molecule has 0 atom stereocenters. The van der Waals surface area contributed by atoms with Gasteiger partial charge in [-0.1, -0.05) is 17.7 Å². The molecule has 2 saturated heterocycles. The molecule has 0 radical (unpaired) electrons. The molecule has 0 saturated carbocycles. The fraction of sp³-hybridized carbons (Fsp3) is 0.625. The SMILES string of the molecule is O=C(c1ccc(Cl)c(N2C=CCNC2)c1)N1CCC(OCCCC2CCNCC2)CC1. The van der Waals surface area contributed by atoms with E-state index in [2.05, 4.69) is 10.6 Å². The van der Waals surface area contributed by atoms with Crippen LogP contribution in [0.5, 0.6) is 0 Å². The van der Waals surface area contributed by atoms with E-state index >= 15 is 0 Å². The number of piperidine rings is 2. The third-order valence-corrected chi connectivity index (χ3v) is 6.95. The minimum Gasteiger partial charge on any atom is -0.378 e. The van der Waals surface area contributed by atoms with Gasteiger partial charge in [-0.05, 0) is 75.7 Å². The van der Waals surface area contributed by atoms with E-state index in [0.29, 0.717) is 17.3 Å². The van der Waals surface area contributed by atoms with E-state index in [9.17, 15) is 4.79 Å². The van der Waals surface area contributed by atoms with Crippen LogP contribution in [0, 0.1) is 5.92 Å². The first-order valence-corrected chi connectivity index (χ1v) is 12.1. The summed E-state index contributed by atoms with van der Waals surface area (Å²) in [5.41, 5.74) is 1.56. The summed E-state index contributed by atoms with van der Waals surface area (Å²) in [4.78, 5) is 17.1. The van der Waals surface area contributed by atoms with Crippen LogP contribution in [-0.2, 0) is 4.74 Å². The number of nitrogens with zero attached hydrogens (tertiary/aromatic N) is 2. The third kappa shape index (κ3) is 6.22. The molecule has 4 rings (SSSR count). The number of nitrogens with one attached hydrogen (secondary N) is 2. The Labute approximate surface area is 190 Å². The van der Waals surface area contributed by atoms with Crippen LogP contribution in [0.25, 0.3) is 0 Å². The van der Waals surface area contributed by atoms with E-state index in [1.807, 2.05) is 40.3 Å². The van der Waals surface area contributed by atoms with Gasteiger partial charge in [0.1, 0.15) is 0 Å². The summed E-state index contributed by atoms with van der Waals surface area (Å²) in [5.74, 6) is 0.945. The zero-order chi connectivity index (χ0) is 21.5. The third-order valence-electron chi connectivity index (χ3n) is 6.63. The second-order valence-corrected chi connectivity index (χ2v) is 9.24. The minimum absolute atomic E-state index is 0.0798. The van der Waals surface area contributed by atoms with E-state index < -0.39 is 0 Å². The predicted octanol–water partition coefficient (Wildman–Crippen LogP) is 3.62. The van der Waals surface area contributed by atoms with Crippen molar-refractivity contribution in [3.05, 3.63) is 41.1 Å². The number of carbonyl (C=O) groups excluding carboxylic acids is 1. The van der Waals surface area contributed by atoms with Crippen LogP contribution < -0.4 is 15.5 Å². The molecule has 0 unspecified atom stereocenters. The molecular weight excluding hydrogens is 412 g/mol. The van der Waals surface area contributed by atoms with Crippen molar-refractivity contribution >= 4 is 23.2 Å². The molecule has 0 spiro atoms. The maximum absolute atomic E-state index is 13.1. The lowest BCUT2D eigenvalue weighted by molar-refractivity contribution is 0.00596. The van der Waals surface area contributed by atoms with Gasteiger partial charge in [0.2, 0.25) is 0 Å². The van der Waals surface area contributed by atoms with E-state index in [-0.39, 0.29) is 12.0 Å². The molecule has 31 heavy (non-hydrogen) atoms. The molecule has 0 bridgehead atoms. The van der Waals surface area contributed by atoms with E-state index in [4.69, 9.17) is 16.3 Å². The Hall–Kier alpha value is -1.60. The molecule has 0 aliphatic carbocycles. The molecule has 7 heteroatoms. The van der Waals surface area contributed by atoms with Gasteiger partial charge in [-0.2, -0.15) is 0 Å². The van der Waals surface area contributed by atoms with Gasteiger partial charge in [-0.25, -0.2) is 0 Å². The number of ether oxygens (including phenoxy) is 1. The lowest BCUT2D eigenvalue weighted by Crippen LogP contribution is -2.41. The zero-order valence-electron chi connectivity index (χ0n) is 18.3. The van der Waals surface area contributed by atoms with Gasteiger partial charge in [0, 0.05) is 38.0 Å². The van der Waals surface area contributed by atoms with Crippen molar-refractivity contribution < 1.29 is 9.53 Å². The molecule has 3 aliphatic rings. The van der Waals surface area contributed by atoms with Crippen molar-refractivity contribution in [1.29, 1.82) is 0 Å². The summed E-state index contributed by atoms with van der Waals surface area (Å²) in [7, 11) is 0. The quantitative estimate of drug-likeness (QED) is 0.626.